The van der Waals surface area contributed by atoms with Crippen LogP contribution in [0, 0.1) is 17.9 Å². The van der Waals surface area contributed by atoms with Crippen molar-refractivity contribution in [2.45, 2.75) is 0 Å². The van der Waals surface area contributed by atoms with Crippen LogP contribution in [0.25, 0.3) is 146 Å². The van der Waals surface area contributed by atoms with Crippen molar-refractivity contribution in [3.63, 3.8) is 0 Å². The van der Waals surface area contributed by atoms with Crippen molar-refractivity contribution in [2.24, 2.45) is 0 Å². The maximum Gasteiger partial charge on any atom is 0.220 e. The third kappa shape index (κ3) is 4.68. The maximum atomic E-state index is 12.1. The van der Waals surface area contributed by atoms with E-state index in [9.17, 15) is 11.8 Å². The molecule has 0 N–H and O–H groups in total. The number of furan rings is 1. The minimum Gasteiger partial charge on any atom is -0.454 e. The number of rotatable bonds is 4. The van der Waals surface area contributed by atoms with Gasteiger partial charge in [0.15, 0.2) is 5.58 Å². The molecule has 0 amide bonds. The van der Waals surface area contributed by atoms with Crippen LogP contribution >= 0.6 is 11.3 Å². The highest BCUT2D eigenvalue weighted by molar-refractivity contribution is 7.26. The fraction of sp³-hybridized carbons (Fsp3) is 0. The van der Waals surface area contributed by atoms with E-state index in [0.29, 0.717) is 28.2 Å². The lowest BCUT2D eigenvalue weighted by Gasteiger charge is -2.25. The first-order valence-corrected chi connectivity index (χ1v) is 23.2. The standard InChI is InChI=1S/C60H30N6OS/c1-62-54-48(33-14-4-2-5-15-33)43(32-61)55(49(34-16-6-3-7-17-34)58(54)65-44-22-12-20-41-50(44)51-42(21-13-23-45(51)65)53-52(41)63-30-31-64-53)66-56-37(26-28-39-35-18-8-10-24-46(35)67-59(39)56)38-27-29-40-36-19-9-11-25-47(36)68-60(40)57(38)66/h2-31H. The number of nitriles is 1. The van der Waals surface area contributed by atoms with Crippen LogP contribution in [0.4, 0.5) is 5.69 Å². The molecule has 0 spiro atoms. The van der Waals surface area contributed by atoms with Gasteiger partial charge in [-0.15, -0.1) is 11.3 Å². The smallest absolute Gasteiger partial charge is 0.220 e. The van der Waals surface area contributed by atoms with Crippen LogP contribution in [0.3, 0.4) is 0 Å². The fourth-order valence-electron chi connectivity index (χ4n) is 11.4. The molecular weight excluding hydrogens is 853 g/mol. The summed E-state index contributed by atoms with van der Waals surface area (Å²) in [6.07, 6.45) is 3.50. The van der Waals surface area contributed by atoms with Gasteiger partial charge >= 0.3 is 0 Å². The lowest BCUT2D eigenvalue weighted by molar-refractivity contribution is 0.671. The van der Waals surface area contributed by atoms with Crippen LogP contribution in [-0.4, -0.2) is 19.1 Å². The van der Waals surface area contributed by atoms with Crippen molar-refractivity contribution in [2.75, 3.05) is 0 Å². The molecule has 15 rings (SSSR count). The first-order chi connectivity index (χ1) is 33.7. The van der Waals surface area contributed by atoms with Crippen LogP contribution in [0.15, 0.2) is 187 Å². The molecule has 10 aromatic carbocycles. The van der Waals surface area contributed by atoms with E-state index in [1.807, 2.05) is 66.7 Å². The Kier molecular flexibility index (Phi) is 7.39. The number of nitrogens with zero attached hydrogens (tertiary/aromatic N) is 6. The monoisotopic (exact) mass is 882 g/mol. The van der Waals surface area contributed by atoms with E-state index in [0.717, 1.165) is 114 Å². The molecule has 0 radical (unpaired) electrons. The van der Waals surface area contributed by atoms with Gasteiger partial charge in [0.25, 0.3) is 0 Å². The number of para-hydroxylation sites is 1. The van der Waals surface area contributed by atoms with Gasteiger partial charge in [-0.05, 0) is 41.5 Å². The normalized spacial score (nSPS) is 12.1. The van der Waals surface area contributed by atoms with Gasteiger partial charge in [0.1, 0.15) is 11.7 Å². The first-order valence-electron chi connectivity index (χ1n) is 22.4. The molecule has 0 fully saturated rings. The summed E-state index contributed by atoms with van der Waals surface area (Å²) in [4.78, 5) is 14.4. The molecule has 0 atom stereocenters. The summed E-state index contributed by atoms with van der Waals surface area (Å²) in [6.45, 7) is 9.34. The highest BCUT2D eigenvalue weighted by Crippen LogP contribution is 2.55. The van der Waals surface area contributed by atoms with Crippen molar-refractivity contribution < 1.29 is 4.42 Å². The Balaban J connectivity index is 1.26. The Morgan fingerprint density at radius 2 is 1.09 bits per heavy atom. The molecule has 0 bridgehead atoms. The third-order valence-corrected chi connectivity index (χ3v) is 15.2. The van der Waals surface area contributed by atoms with E-state index in [4.69, 9.17) is 14.4 Å². The van der Waals surface area contributed by atoms with Crippen LogP contribution in [-0.2, 0) is 0 Å². The molecule has 68 heavy (non-hydrogen) atoms. The molecule has 5 aromatic heterocycles. The van der Waals surface area contributed by atoms with Crippen LogP contribution in [0.2, 0.25) is 0 Å². The number of hydrogen-bond donors (Lipinski definition) is 0. The van der Waals surface area contributed by atoms with Crippen LogP contribution < -0.4 is 0 Å². The highest BCUT2D eigenvalue weighted by Gasteiger charge is 2.34. The van der Waals surface area contributed by atoms with Crippen molar-refractivity contribution >= 4 is 125 Å². The Hall–Kier alpha value is -9.34. The number of hydrogen-bond acceptors (Lipinski definition) is 5. The lowest BCUT2D eigenvalue weighted by atomic mass is 9.88. The topological polar surface area (TPSA) is 76.9 Å². The molecule has 5 heterocycles. The van der Waals surface area contributed by atoms with E-state index in [1.165, 1.54) is 10.1 Å². The molecule has 0 saturated carbocycles. The summed E-state index contributed by atoms with van der Waals surface area (Å²) in [7, 11) is 0. The molecule has 15 aromatic rings. The summed E-state index contributed by atoms with van der Waals surface area (Å²) in [5.74, 6) is 0. The maximum absolute atomic E-state index is 12.1. The number of fused-ring (bicyclic) bond motifs is 14. The Morgan fingerprint density at radius 3 is 1.76 bits per heavy atom. The predicted molar refractivity (Wildman–Crippen MR) is 279 cm³/mol. The van der Waals surface area contributed by atoms with E-state index in [-0.39, 0.29) is 0 Å². The van der Waals surface area contributed by atoms with Gasteiger partial charge in [0, 0.05) is 82.1 Å². The predicted octanol–water partition coefficient (Wildman–Crippen LogP) is 16.4. The minimum atomic E-state index is 0.375. The molecule has 7 nitrogen and oxygen atoms in total. The van der Waals surface area contributed by atoms with Gasteiger partial charge in [-0.1, -0.05) is 140 Å². The van der Waals surface area contributed by atoms with Gasteiger partial charge in [0.2, 0.25) is 5.69 Å². The van der Waals surface area contributed by atoms with E-state index >= 15 is 0 Å². The SMILES string of the molecule is [C-]#[N+]c1c(-c2ccccc2)c(C#N)c(-n2c3c(ccc4c5ccccc5oc43)c3ccc4c5ccccc5sc4c32)c(-c2ccccc2)c1-n1c2cccc3c4nccnc4c4cccc1c4c32. The van der Waals surface area contributed by atoms with Gasteiger partial charge in [0.05, 0.1) is 61.3 Å². The first kappa shape index (κ1) is 36.9. The molecule has 0 aliphatic heterocycles. The summed E-state index contributed by atoms with van der Waals surface area (Å²) in [5.41, 5.74) is 11.9. The average Bonchev–Trinajstić information content (AvgIpc) is 4.16. The van der Waals surface area contributed by atoms with Crippen molar-refractivity contribution in [1.82, 2.24) is 19.1 Å². The van der Waals surface area contributed by atoms with Crippen molar-refractivity contribution in [1.29, 1.82) is 5.26 Å². The second kappa shape index (κ2) is 13.6. The number of thiophene rings is 1. The second-order valence-corrected chi connectivity index (χ2v) is 18.4. The third-order valence-electron chi connectivity index (χ3n) is 14.0. The Morgan fingerprint density at radius 1 is 0.515 bits per heavy atom. The molecule has 0 aliphatic carbocycles. The fourth-order valence-corrected chi connectivity index (χ4v) is 12.6. The number of aromatic nitrogens is 4. The Labute approximate surface area is 390 Å². The van der Waals surface area contributed by atoms with E-state index < -0.39 is 0 Å². The summed E-state index contributed by atoms with van der Waals surface area (Å²) in [6, 6.07) is 61.3. The van der Waals surface area contributed by atoms with Gasteiger partial charge in [-0.25, -0.2) is 4.85 Å². The molecule has 0 unspecified atom stereocenters. The van der Waals surface area contributed by atoms with Crippen molar-refractivity contribution in [3.05, 3.63) is 199 Å². The minimum absolute atomic E-state index is 0.375. The molecular formula is C60H30N6OS. The van der Waals surface area contributed by atoms with E-state index in [1.54, 1.807) is 23.7 Å². The molecule has 0 saturated heterocycles. The van der Waals surface area contributed by atoms with Crippen LogP contribution in [0.5, 0.6) is 0 Å². The molecule has 0 aliphatic rings. The molecule has 312 valence electrons. The zero-order valence-corrected chi connectivity index (χ0v) is 36.6. The average molecular weight is 883 g/mol. The van der Waals surface area contributed by atoms with Gasteiger partial charge in [-0.2, -0.15) is 5.26 Å². The summed E-state index contributed by atoms with van der Waals surface area (Å²) >= 11 is 1.76. The zero-order chi connectivity index (χ0) is 44.8. The molecule has 8 heteroatoms. The second-order valence-electron chi connectivity index (χ2n) is 17.3. The summed E-state index contributed by atoms with van der Waals surface area (Å²) in [5, 5.41) is 22.5. The Bertz CT molecular complexity index is 4540. The summed E-state index contributed by atoms with van der Waals surface area (Å²) < 4.78 is 13.9. The highest BCUT2D eigenvalue weighted by atomic mass is 32.1. The van der Waals surface area contributed by atoms with Gasteiger partial charge in [-0.3, -0.25) is 9.97 Å². The van der Waals surface area contributed by atoms with Crippen LogP contribution in [0.1, 0.15) is 5.56 Å². The van der Waals surface area contributed by atoms with Crippen molar-refractivity contribution in [3.8, 4) is 39.7 Å². The van der Waals surface area contributed by atoms with Gasteiger partial charge < -0.3 is 13.6 Å². The van der Waals surface area contributed by atoms with E-state index in [2.05, 4.69) is 123 Å². The number of benzene rings is 10. The quantitative estimate of drug-likeness (QED) is 0.130. The zero-order valence-electron chi connectivity index (χ0n) is 35.8. The largest absolute Gasteiger partial charge is 0.454 e. The lowest BCUT2D eigenvalue weighted by Crippen LogP contribution is -2.09.